The van der Waals surface area contributed by atoms with Crippen molar-refractivity contribution in [2.45, 2.75) is 357 Å². The number of ether oxygens (including phenoxy) is 4. The number of allylic oxidation sites excluding steroid dienone is 5. The molecule has 2 rings (SSSR count). The molecule has 12 atom stereocenters. The van der Waals surface area contributed by atoms with Crippen molar-refractivity contribution in [2.24, 2.45) is 0 Å². The fourth-order valence-corrected chi connectivity index (χ4v) is 11.0. The number of amides is 1. The highest BCUT2D eigenvalue weighted by Crippen LogP contribution is 2.30. The monoisotopic (exact) mass is 1140 g/mol. The lowest BCUT2D eigenvalue weighted by Crippen LogP contribution is -2.65. The predicted molar refractivity (Wildman–Crippen MR) is 323 cm³/mol. The first kappa shape index (κ1) is 74.3. The number of aliphatic hydroxyl groups is 8. The van der Waals surface area contributed by atoms with Crippen LogP contribution in [-0.4, -0.2) is 140 Å². The van der Waals surface area contributed by atoms with Gasteiger partial charge in [-0.25, -0.2) is 0 Å². The van der Waals surface area contributed by atoms with Crippen LogP contribution in [0, 0.1) is 0 Å². The van der Waals surface area contributed by atoms with Crippen LogP contribution in [0.5, 0.6) is 0 Å². The van der Waals surface area contributed by atoms with Crippen molar-refractivity contribution in [2.75, 3.05) is 19.8 Å². The molecule has 14 nitrogen and oxygen atoms in total. The third-order valence-electron chi connectivity index (χ3n) is 16.3. The molecule has 80 heavy (non-hydrogen) atoms. The van der Waals surface area contributed by atoms with Crippen LogP contribution in [0.3, 0.4) is 0 Å². The molecule has 2 saturated heterocycles. The largest absolute Gasteiger partial charge is 0.394 e. The molecule has 0 spiro atoms. The van der Waals surface area contributed by atoms with Crippen LogP contribution >= 0.6 is 0 Å². The van der Waals surface area contributed by atoms with Crippen molar-refractivity contribution in [1.82, 2.24) is 5.32 Å². The number of rotatable bonds is 54. The maximum absolute atomic E-state index is 13.2. The van der Waals surface area contributed by atoms with Crippen molar-refractivity contribution in [1.29, 1.82) is 0 Å². The van der Waals surface area contributed by atoms with E-state index in [1.54, 1.807) is 6.08 Å². The molecule has 0 saturated carbocycles. The molecule has 0 aliphatic carbocycles. The number of hydrogen-bond donors (Lipinski definition) is 9. The third-order valence-corrected chi connectivity index (χ3v) is 16.3. The van der Waals surface area contributed by atoms with Gasteiger partial charge in [0.15, 0.2) is 12.6 Å². The molecule has 0 aromatic heterocycles. The van der Waals surface area contributed by atoms with E-state index in [0.717, 1.165) is 44.9 Å². The van der Waals surface area contributed by atoms with Gasteiger partial charge in [-0.05, 0) is 38.5 Å². The molecule has 9 N–H and O–H groups in total. The van der Waals surface area contributed by atoms with Crippen molar-refractivity contribution < 1.29 is 64.6 Å². The van der Waals surface area contributed by atoms with Gasteiger partial charge in [0.25, 0.3) is 0 Å². The summed E-state index contributed by atoms with van der Waals surface area (Å²) in [6.45, 7) is 2.66. The van der Waals surface area contributed by atoms with Crippen LogP contribution < -0.4 is 5.32 Å². The molecule has 0 radical (unpaired) electrons. The second-order valence-corrected chi connectivity index (χ2v) is 23.6. The first-order chi connectivity index (χ1) is 39.1. The van der Waals surface area contributed by atoms with E-state index in [0.29, 0.717) is 12.8 Å². The predicted octanol–water partition coefficient (Wildman–Crippen LogP) is 12.6. The van der Waals surface area contributed by atoms with Crippen LogP contribution in [0.4, 0.5) is 0 Å². The fraction of sp³-hybridized carbons (Fsp3) is 0.894. The van der Waals surface area contributed by atoms with Gasteiger partial charge in [0.1, 0.15) is 48.8 Å². The lowest BCUT2D eigenvalue weighted by molar-refractivity contribution is -0.359. The van der Waals surface area contributed by atoms with E-state index in [1.807, 2.05) is 6.08 Å². The van der Waals surface area contributed by atoms with Gasteiger partial charge in [0, 0.05) is 6.42 Å². The smallest absolute Gasteiger partial charge is 0.220 e. The Morgan fingerprint density at radius 3 is 1.21 bits per heavy atom. The van der Waals surface area contributed by atoms with Crippen LogP contribution in [0.15, 0.2) is 36.5 Å². The average molecular weight is 1140 g/mol. The Morgan fingerprint density at radius 1 is 0.450 bits per heavy atom. The summed E-state index contributed by atoms with van der Waals surface area (Å²) in [5, 5.41) is 86.9. The maximum Gasteiger partial charge on any atom is 0.220 e. The number of nitrogens with one attached hydrogen (secondary N) is 1. The molecule has 0 aromatic rings. The molecule has 2 heterocycles. The Labute approximate surface area is 487 Å². The van der Waals surface area contributed by atoms with Crippen molar-refractivity contribution in [3.63, 3.8) is 0 Å². The van der Waals surface area contributed by atoms with Crippen LogP contribution in [0.1, 0.15) is 284 Å². The van der Waals surface area contributed by atoms with E-state index in [9.17, 15) is 45.6 Å². The van der Waals surface area contributed by atoms with E-state index < -0.39 is 86.8 Å². The Hall–Kier alpha value is -1.79. The standard InChI is InChI=1S/C66H123NO13/c1-3-5-7-9-11-13-15-16-17-18-19-20-21-22-23-24-25-26-27-28-29-30-31-32-33-34-35-36-37-38-39-40-42-44-46-48-50-58(71)67-54(55(70)49-47-45-43-41-14-12-10-8-6-4-2)53-77-65-63(76)61(74)64(57(52-69)79-65)80-66-62(75)60(73)59(72)56(51-68)78-66/h6,8,14,41,47,49,54-57,59-66,68-70,72-76H,3-5,7,9-13,15-40,42-46,48,50-53H2,1-2H3,(H,67,71)/b8-6+,41-14+,49-47+. The van der Waals surface area contributed by atoms with Crippen molar-refractivity contribution >= 4 is 5.91 Å². The quantitative estimate of drug-likeness (QED) is 0.0204. The number of carbonyl (C=O) groups excluding carboxylic acids is 1. The van der Waals surface area contributed by atoms with Gasteiger partial charge < -0.3 is 65.1 Å². The minimum absolute atomic E-state index is 0.251. The molecule has 0 bridgehead atoms. The zero-order valence-electron chi connectivity index (χ0n) is 50.8. The van der Waals surface area contributed by atoms with Gasteiger partial charge >= 0.3 is 0 Å². The summed E-state index contributed by atoms with van der Waals surface area (Å²) in [6.07, 6.45) is 48.4. The highest BCUT2D eigenvalue weighted by atomic mass is 16.7. The molecule has 2 fully saturated rings. The van der Waals surface area contributed by atoms with Crippen LogP contribution in [-0.2, 0) is 23.7 Å². The van der Waals surface area contributed by atoms with Gasteiger partial charge in [-0.3, -0.25) is 4.79 Å². The average Bonchev–Trinajstić information content (AvgIpc) is 3.54. The van der Waals surface area contributed by atoms with E-state index in [4.69, 9.17) is 18.9 Å². The molecule has 2 aliphatic rings. The summed E-state index contributed by atoms with van der Waals surface area (Å²) < 4.78 is 22.7. The maximum atomic E-state index is 13.2. The minimum atomic E-state index is -1.79. The Bertz CT molecular complexity index is 1480. The molecular formula is C66H123NO13. The summed E-state index contributed by atoms with van der Waals surface area (Å²) in [5.74, 6) is -0.251. The minimum Gasteiger partial charge on any atom is -0.394 e. The molecule has 14 heteroatoms. The molecule has 0 aromatic carbocycles. The summed E-state index contributed by atoms with van der Waals surface area (Å²) >= 11 is 0. The van der Waals surface area contributed by atoms with Gasteiger partial charge in [-0.15, -0.1) is 0 Å². The number of aliphatic hydroxyl groups excluding tert-OH is 8. The SMILES string of the molecule is CC/C=C/CC/C=C/CC/C=C/C(O)C(COC1OC(CO)C(OC2OC(CO)C(O)C(O)C2O)C(O)C1O)NC(=O)CCCCCCCCCCCCCCCCCCCCCCCCCCCCCCCCCCCCCC. The van der Waals surface area contributed by atoms with E-state index >= 15 is 0 Å². The van der Waals surface area contributed by atoms with Gasteiger partial charge in [-0.1, -0.05) is 275 Å². The lowest BCUT2D eigenvalue weighted by Gasteiger charge is -2.46. The number of unbranched alkanes of at least 4 members (excludes halogenated alkanes) is 37. The normalized spacial score (nSPS) is 24.4. The van der Waals surface area contributed by atoms with Crippen LogP contribution in [0.2, 0.25) is 0 Å². The Morgan fingerprint density at radius 2 is 0.812 bits per heavy atom. The fourth-order valence-electron chi connectivity index (χ4n) is 11.0. The molecule has 12 unspecified atom stereocenters. The molecular weight excluding hydrogens is 1010 g/mol. The van der Waals surface area contributed by atoms with Gasteiger partial charge in [0.05, 0.1) is 32.0 Å². The Kier molecular flexibility index (Phi) is 47.9. The van der Waals surface area contributed by atoms with Crippen molar-refractivity contribution in [3.8, 4) is 0 Å². The summed E-state index contributed by atoms with van der Waals surface area (Å²) in [5.41, 5.74) is 0. The second kappa shape index (κ2) is 51.6. The first-order valence-corrected chi connectivity index (χ1v) is 33.2. The van der Waals surface area contributed by atoms with E-state index in [2.05, 4.69) is 43.5 Å². The molecule has 470 valence electrons. The van der Waals surface area contributed by atoms with Crippen LogP contribution in [0.25, 0.3) is 0 Å². The summed E-state index contributed by atoms with van der Waals surface area (Å²) in [6, 6.07) is -0.934. The summed E-state index contributed by atoms with van der Waals surface area (Å²) in [7, 11) is 0. The Balaban J connectivity index is 1.55. The highest BCUT2D eigenvalue weighted by Gasteiger charge is 2.51. The van der Waals surface area contributed by atoms with Gasteiger partial charge in [-0.2, -0.15) is 0 Å². The zero-order chi connectivity index (χ0) is 58.1. The molecule has 1 amide bonds. The van der Waals surface area contributed by atoms with Crippen molar-refractivity contribution in [3.05, 3.63) is 36.5 Å². The summed E-state index contributed by atoms with van der Waals surface area (Å²) in [4.78, 5) is 13.2. The zero-order valence-corrected chi connectivity index (χ0v) is 50.8. The topological polar surface area (TPSA) is 228 Å². The first-order valence-electron chi connectivity index (χ1n) is 33.2. The van der Waals surface area contributed by atoms with E-state index in [1.165, 1.54) is 205 Å². The third kappa shape index (κ3) is 36.1. The lowest BCUT2D eigenvalue weighted by atomic mass is 9.97. The van der Waals surface area contributed by atoms with E-state index in [-0.39, 0.29) is 18.9 Å². The molecule has 2 aliphatic heterocycles. The highest BCUT2D eigenvalue weighted by molar-refractivity contribution is 5.76. The number of hydrogen-bond acceptors (Lipinski definition) is 13. The number of carbonyl (C=O) groups is 1. The second-order valence-electron chi connectivity index (χ2n) is 23.6. The van der Waals surface area contributed by atoms with Gasteiger partial charge in [0.2, 0.25) is 5.91 Å².